The molecule has 20 heavy (non-hydrogen) atoms. The van der Waals surface area contributed by atoms with Crippen LogP contribution in [0.1, 0.15) is 32.2 Å². The van der Waals surface area contributed by atoms with Gasteiger partial charge in [0.1, 0.15) is 5.82 Å². The van der Waals surface area contributed by atoms with E-state index in [9.17, 15) is 4.39 Å². The molecule has 0 aliphatic rings. The Morgan fingerprint density at radius 1 is 1.20 bits per heavy atom. The minimum absolute atomic E-state index is 0.0581. The van der Waals surface area contributed by atoms with Gasteiger partial charge in [0.05, 0.1) is 0 Å². The van der Waals surface area contributed by atoms with Gasteiger partial charge in [-0.1, -0.05) is 0 Å². The highest BCUT2D eigenvalue weighted by molar-refractivity contribution is 5.53. The van der Waals surface area contributed by atoms with Crippen LogP contribution in [0, 0.1) is 12.7 Å². The summed E-state index contributed by atoms with van der Waals surface area (Å²) in [4.78, 5) is 0. The fourth-order valence-corrected chi connectivity index (χ4v) is 1.88. The Balaban J connectivity index is 2.05. The van der Waals surface area contributed by atoms with Crippen molar-refractivity contribution in [1.82, 2.24) is 15.5 Å². The molecule has 2 rings (SSSR count). The Bertz CT molecular complexity index is 567. The zero-order valence-electron chi connectivity index (χ0n) is 12.3. The molecule has 0 aliphatic heterocycles. The van der Waals surface area contributed by atoms with E-state index in [4.69, 9.17) is 4.42 Å². The van der Waals surface area contributed by atoms with Crippen LogP contribution in [0.4, 0.5) is 4.39 Å². The molecule has 0 unspecified atom stereocenters. The summed E-state index contributed by atoms with van der Waals surface area (Å²) in [6, 6.07) is 4.69. The van der Waals surface area contributed by atoms with Crippen LogP contribution in [-0.4, -0.2) is 22.3 Å². The van der Waals surface area contributed by atoms with Gasteiger partial charge in [0.15, 0.2) is 0 Å². The summed E-state index contributed by atoms with van der Waals surface area (Å²) in [5.74, 6) is 0.617. The number of rotatable bonds is 4. The van der Waals surface area contributed by atoms with Crippen LogP contribution in [0.2, 0.25) is 0 Å². The first-order valence-electron chi connectivity index (χ1n) is 6.68. The van der Waals surface area contributed by atoms with Crippen LogP contribution in [0.15, 0.2) is 22.6 Å². The van der Waals surface area contributed by atoms with Gasteiger partial charge in [-0.05, 0) is 51.5 Å². The van der Waals surface area contributed by atoms with E-state index in [1.807, 2.05) is 13.0 Å². The van der Waals surface area contributed by atoms with E-state index < -0.39 is 0 Å². The molecule has 2 aromatic rings. The fourth-order valence-electron chi connectivity index (χ4n) is 1.88. The van der Waals surface area contributed by atoms with Crippen molar-refractivity contribution in [2.24, 2.45) is 0 Å². The third kappa shape index (κ3) is 4.13. The molecule has 0 amide bonds. The van der Waals surface area contributed by atoms with E-state index in [1.165, 1.54) is 12.1 Å². The molecule has 0 bridgehead atoms. The van der Waals surface area contributed by atoms with Crippen molar-refractivity contribution in [3.05, 3.63) is 35.5 Å². The number of benzene rings is 1. The molecule has 5 heteroatoms. The second-order valence-corrected chi connectivity index (χ2v) is 5.94. The summed E-state index contributed by atoms with van der Waals surface area (Å²) >= 11 is 0. The van der Waals surface area contributed by atoms with Gasteiger partial charge in [0, 0.05) is 24.1 Å². The van der Waals surface area contributed by atoms with Crippen LogP contribution in [0.5, 0.6) is 0 Å². The molecule has 0 spiro atoms. The lowest BCUT2D eigenvalue weighted by Gasteiger charge is -2.19. The van der Waals surface area contributed by atoms with Crippen LogP contribution >= 0.6 is 0 Å². The molecule has 0 saturated heterocycles. The zero-order chi connectivity index (χ0) is 14.8. The molecule has 4 nitrogen and oxygen atoms in total. The van der Waals surface area contributed by atoms with Gasteiger partial charge in [-0.2, -0.15) is 0 Å². The van der Waals surface area contributed by atoms with Crippen LogP contribution in [0.3, 0.4) is 0 Å². The van der Waals surface area contributed by atoms with Crippen molar-refractivity contribution in [3.8, 4) is 11.5 Å². The van der Waals surface area contributed by atoms with Crippen LogP contribution in [-0.2, 0) is 6.42 Å². The third-order valence-corrected chi connectivity index (χ3v) is 2.75. The highest BCUT2D eigenvalue weighted by atomic mass is 19.1. The molecular weight excluding hydrogens is 257 g/mol. The number of aryl methyl sites for hydroxylation is 1. The van der Waals surface area contributed by atoms with Crippen molar-refractivity contribution in [2.75, 3.05) is 6.54 Å². The minimum atomic E-state index is -0.297. The normalized spacial score (nSPS) is 11.8. The van der Waals surface area contributed by atoms with E-state index in [1.54, 1.807) is 0 Å². The van der Waals surface area contributed by atoms with Gasteiger partial charge >= 0.3 is 0 Å². The monoisotopic (exact) mass is 277 g/mol. The number of hydrogen-bond donors (Lipinski definition) is 1. The standard InChI is InChI=1S/C15H20FN3O/c1-10-7-11(9-12(16)8-10)14-19-18-13(20-14)5-6-17-15(2,3)4/h7-9,17H,5-6H2,1-4H3. The molecule has 108 valence electrons. The largest absolute Gasteiger partial charge is 0.421 e. The average molecular weight is 277 g/mol. The van der Waals surface area contributed by atoms with E-state index >= 15 is 0 Å². The van der Waals surface area contributed by atoms with E-state index in [-0.39, 0.29) is 11.4 Å². The maximum atomic E-state index is 13.4. The smallest absolute Gasteiger partial charge is 0.247 e. The molecule has 1 aromatic heterocycles. The first-order chi connectivity index (χ1) is 9.33. The number of nitrogens with zero attached hydrogens (tertiary/aromatic N) is 2. The topological polar surface area (TPSA) is 51.0 Å². The van der Waals surface area contributed by atoms with Gasteiger partial charge in [0.25, 0.3) is 0 Å². The maximum Gasteiger partial charge on any atom is 0.247 e. The lowest BCUT2D eigenvalue weighted by atomic mass is 10.1. The molecule has 0 saturated carbocycles. The Morgan fingerprint density at radius 2 is 1.95 bits per heavy atom. The second-order valence-electron chi connectivity index (χ2n) is 5.94. The van der Waals surface area contributed by atoms with E-state index in [0.717, 1.165) is 12.1 Å². The first kappa shape index (κ1) is 14.7. The summed E-state index contributed by atoms with van der Waals surface area (Å²) in [7, 11) is 0. The lowest BCUT2D eigenvalue weighted by Crippen LogP contribution is -2.37. The zero-order valence-corrected chi connectivity index (χ0v) is 12.3. The van der Waals surface area contributed by atoms with E-state index in [2.05, 4.69) is 36.3 Å². The van der Waals surface area contributed by atoms with Gasteiger partial charge in [0.2, 0.25) is 11.8 Å². The van der Waals surface area contributed by atoms with Crippen molar-refractivity contribution < 1.29 is 8.81 Å². The molecule has 1 heterocycles. The van der Waals surface area contributed by atoms with E-state index in [0.29, 0.717) is 23.8 Å². The second kappa shape index (κ2) is 5.71. The Morgan fingerprint density at radius 3 is 2.60 bits per heavy atom. The van der Waals surface area contributed by atoms with Crippen molar-refractivity contribution in [1.29, 1.82) is 0 Å². The quantitative estimate of drug-likeness (QED) is 0.933. The Labute approximate surface area is 118 Å². The van der Waals surface area contributed by atoms with Crippen molar-refractivity contribution in [2.45, 2.75) is 39.7 Å². The SMILES string of the molecule is Cc1cc(F)cc(-c2nnc(CCNC(C)(C)C)o2)c1. The minimum Gasteiger partial charge on any atom is -0.421 e. The number of hydrogen-bond acceptors (Lipinski definition) is 4. The Hall–Kier alpha value is -1.75. The van der Waals surface area contributed by atoms with Gasteiger partial charge in [-0.15, -0.1) is 10.2 Å². The molecular formula is C15H20FN3O. The third-order valence-electron chi connectivity index (χ3n) is 2.75. The van der Waals surface area contributed by atoms with Crippen molar-refractivity contribution in [3.63, 3.8) is 0 Å². The van der Waals surface area contributed by atoms with Gasteiger partial charge < -0.3 is 9.73 Å². The fraction of sp³-hybridized carbons (Fsp3) is 0.467. The highest BCUT2D eigenvalue weighted by Gasteiger charge is 2.12. The molecule has 0 radical (unpaired) electrons. The number of halogens is 1. The van der Waals surface area contributed by atoms with Crippen LogP contribution in [0.25, 0.3) is 11.5 Å². The molecule has 0 fully saturated rings. The molecule has 1 N–H and O–H groups in total. The van der Waals surface area contributed by atoms with Crippen LogP contribution < -0.4 is 5.32 Å². The molecule has 0 aliphatic carbocycles. The lowest BCUT2D eigenvalue weighted by molar-refractivity contribution is 0.411. The number of aromatic nitrogens is 2. The van der Waals surface area contributed by atoms with Gasteiger partial charge in [-0.3, -0.25) is 0 Å². The summed E-state index contributed by atoms with van der Waals surface area (Å²) in [5.41, 5.74) is 1.50. The van der Waals surface area contributed by atoms with Crippen molar-refractivity contribution >= 4 is 0 Å². The first-order valence-corrected chi connectivity index (χ1v) is 6.68. The maximum absolute atomic E-state index is 13.4. The molecule has 0 atom stereocenters. The summed E-state index contributed by atoms with van der Waals surface area (Å²) in [6.45, 7) is 8.88. The van der Waals surface area contributed by atoms with Gasteiger partial charge in [-0.25, -0.2) is 4.39 Å². The average Bonchev–Trinajstić information content (AvgIpc) is 2.74. The molecule has 1 aromatic carbocycles. The predicted octanol–water partition coefficient (Wildman–Crippen LogP) is 3.11. The highest BCUT2D eigenvalue weighted by Crippen LogP contribution is 2.20. The summed E-state index contributed by atoms with van der Waals surface area (Å²) in [6.07, 6.45) is 0.651. The number of nitrogens with one attached hydrogen (secondary N) is 1. The predicted molar refractivity (Wildman–Crippen MR) is 75.9 cm³/mol. The Kier molecular flexibility index (Phi) is 4.18. The summed E-state index contributed by atoms with van der Waals surface area (Å²) in [5, 5.41) is 11.3. The summed E-state index contributed by atoms with van der Waals surface area (Å²) < 4.78 is 18.9.